The number of halogens is 1. The molecule has 6 nitrogen and oxygen atoms in total. The van der Waals surface area contributed by atoms with Gasteiger partial charge in [-0.15, -0.1) is 12.4 Å². The third-order valence-corrected chi connectivity index (χ3v) is 4.89. The molecule has 1 saturated heterocycles. The van der Waals surface area contributed by atoms with E-state index in [1.54, 1.807) is 0 Å². The number of piperazine rings is 1. The van der Waals surface area contributed by atoms with Crippen molar-refractivity contribution in [2.45, 2.75) is 32.9 Å². The molecular weight excluding hydrogens is 354 g/mol. The lowest BCUT2D eigenvalue weighted by Crippen LogP contribution is -2.53. The predicted molar refractivity (Wildman–Crippen MR) is 104 cm³/mol. The number of carbonyl (C=O) groups excluding carboxylic acids is 1. The summed E-state index contributed by atoms with van der Waals surface area (Å²) < 4.78 is 11.3. The van der Waals surface area contributed by atoms with Gasteiger partial charge < -0.3 is 20.1 Å². The maximum Gasteiger partial charge on any atom is 0.234 e. The largest absolute Gasteiger partial charge is 0.486 e. The molecule has 2 aliphatic rings. The summed E-state index contributed by atoms with van der Waals surface area (Å²) >= 11 is 0. The van der Waals surface area contributed by atoms with Crippen molar-refractivity contribution in [3.63, 3.8) is 0 Å². The summed E-state index contributed by atoms with van der Waals surface area (Å²) in [7, 11) is 0. The molecule has 26 heavy (non-hydrogen) atoms. The van der Waals surface area contributed by atoms with Crippen LogP contribution in [0.25, 0.3) is 0 Å². The maximum atomic E-state index is 12.6. The Balaban J connectivity index is 0.00000243. The lowest BCUT2D eigenvalue weighted by Gasteiger charge is -2.34. The van der Waals surface area contributed by atoms with Crippen molar-refractivity contribution in [1.29, 1.82) is 0 Å². The fraction of sp³-hybridized carbons (Fsp3) is 0.632. The molecule has 146 valence electrons. The van der Waals surface area contributed by atoms with Gasteiger partial charge in [0.15, 0.2) is 11.5 Å². The molecule has 1 amide bonds. The molecule has 0 aromatic heterocycles. The van der Waals surface area contributed by atoms with E-state index in [1.165, 1.54) is 0 Å². The van der Waals surface area contributed by atoms with E-state index in [1.807, 2.05) is 18.2 Å². The standard InChI is InChI=1S/C19H29N3O3.ClH/c1-13(2)19(15-4-5-16-17(10-15)25-9-8-24-16)21-18(23)12-22-7-6-20-11-14(22)3;/h4-5,10,13-14,19-20H,6-9,11-12H2,1-3H3,(H,21,23);1H/t14-,19?;/m0./s1. The predicted octanol–water partition coefficient (Wildman–Crippen LogP) is 1.99. The molecule has 1 unspecified atom stereocenters. The van der Waals surface area contributed by atoms with E-state index in [0.717, 1.165) is 36.7 Å². The molecule has 0 bridgehead atoms. The number of rotatable bonds is 5. The number of hydrogen-bond acceptors (Lipinski definition) is 5. The SMILES string of the molecule is CC(C)C(NC(=O)CN1CCNC[C@@H]1C)c1ccc2c(c1)OCCO2.Cl. The van der Waals surface area contributed by atoms with Gasteiger partial charge >= 0.3 is 0 Å². The van der Waals surface area contributed by atoms with Gasteiger partial charge in [0.05, 0.1) is 12.6 Å². The van der Waals surface area contributed by atoms with Crippen LogP contribution in [0, 0.1) is 5.92 Å². The Labute approximate surface area is 162 Å². The van der Waals surface area contributed by atoms with E-state index in [2.05, 4.69) is 36.3 Å². The molecule has 1 fully saturated rings. The zero-order chi connectivity index (χ0) is 17.8. The molecule has 1 aromatic carbocycles. The third kappa shape index (κ3) is 5.02. The zero-order valence-electron chi connectivity index (χ0n) is 15.8. The molecule has 0 saturated carbocycles. The summed E-state index contributed by atoms with van der Waals surface area (Å²) in [6, 6.07) is 6.29. The van der Waals surface area contributed by atoms with Crippen LogP contribution < -0.4 is 20.1 Å². The number of amides is 1. The Morgan fingerprint density at radius 2 is 2.04 bits per heavy atom. The lowest BCUT2D eigenvalue weighted by molar-refractivity contribution is -0.124. The van der Waals surface area contributed by atoms with E-state index >= 15 is 0 Å². The van der Waals surface area contributed by atoms with E-state index in [4.69, 9.17) is 9.47 Å². The first-order valence-corrected chi connectivity index (χ1v) is 9.18. The minimum Gasteiger partial charge on any atom is -0.486 e. The summed E-state index contributed by atoms with van der Waals surface area (Å²) in [6.45, 7) is 10.8. The maximum absolute atomic E-state index is 12.6. The second-order valence-electron chi connectivity index (χ2n) is 7.22. The van der Waals surface area contributed by atoms with Gasteiger partial charge in [-0.2, -0.15) is 0 Å². The Morgan fingerprint density at radius 1 is 1.31 bits per heavy atom. The van der Waals surface area contributed by atoms with Gasteiger partial charge in [0.1, 0.15) is 13.2 Å². The van der Waals surface area contributed by atoms with Crippen LogP contribution in [0.1, 0.15) is 32.4 Å². The van der Waals surface area contributed by atoms with Crippen molar-refractivity contribution in [3.8, 4) is 11.5 Å². The highest BCUT2D eigenvalue weighted by atomic mass is 35.5. The highest BCUT2D eigenvalue weighted by Crippen LogP contribution is 2.34. The van der Waals surface area contributed by atoms with Crippen molar-refractivity contribution in [2.75, 3.05) is 39.4 Å². The third-order valence-electron chi connectivity index (χ3n) is 4.89. The summed E-state index contributed by atoms with van der Waals surface area (Å²) in [4.78, 5) is 14.8. The minimum absolute atomic E-state index is 0. The van der Waals surface area contributed by atoms with Crippen LogP contribution in [0.4, 0.5) is 0 Å². The van der Waals surface area contributed by atoms with Crippen molar-refractivity contribution in [2.24, 2.45) is 5.92 Å². The average Bonchev–Trinajstić information content (AvgIpc) is 2.61. The lowest BCUT2D eigenvalue weighted by atomic mass is 9.95. The minimum atomic E-state index is -0.0402. The first-order chi connectivity index (χ1) is 12.0. The van der Waals surface area contributed by atoms with Gasteiger partial charge in [-0.25, -0.2) is 0 Å². The van der Waals surface area contributed by atoms with Crippen LogP contribution >= 0.6 is 12.4 Å². The monoisotopic (exact) mass is 383 g/mol. The molecule has 2 heterocycles. The fourth-order valence-electron chi connectivity index (χ4n) is 3.41. The van der Waals surface area contributed by atoms with Crippen LogP contribution in [0.15, 0.2) is 18.2 Å². The zero-order valence-corrected chi connectivity index (χ0v) is 16.6. The Kier molecular flexibility index (Phi) is 7.55. The molecule has 2 atom stereocenters. The molecule has 1 aromatic rings. The Bertz CT molecular complexity index is 612. The van der Waals surface area contributed by atoms with Gasteiger partial charge in [0.2, 0.25) is 5.91 Å². The summed E-state index contributed by atoms with van der Waals surface area (Å²) in [6.07, 6.45) is 0. The number of nitrogens with one attached hydrogen (secondary N) is 2. The normalized spacial score (nSPS) is 21.0. The fourth-order valence-corrected chi connectivity index (χ4v) is 3.41. The van der Waals surface area contributed by atoms with Gasteiger partial charge in [-0.3, -0.25) is 9.69 Å². The van der Waals surface area contributed by atoms with Crippen LogP contribution in [-0.4, -0.2) is 56.2 Å². The number of benzene rings is 1. The van der Waals surface area contributed by atoms with Crippen LogP contribution in [0.2, 0.25) is 0 Å². The summed E-state index contributed by atoms with van der Waals surface area (Å²) in [5.74, 6) is 1.90. The number of ether oxygens (including phenoxy) is 2. The first-order valence-electron chi connectivity index (χ1n) is 9.18. The summed E-state index contributed by atoms with van der Waals surface area (Å²) in [5, 5.41) is 6.56. The Morgan fingerprint density at radius 3 is 2.73 bits per heavy atom. The number of fused-ring (bicyclic) bond motifs is 1. The molecule has 2 aliphatic heterocycles. The second-order valence-corrected chi connectivity index (χ2v) is 7.22. The topological polar surface area (TPSA) is 62.8 Å². The summed E-state index contributed by atoms with van der Waals surface area (Å²) in [5.41, 5.74) is 1.06. The smallest absolute Gasteiger partial charge is 0.234 e. The molecule has 0 radical (unpaired) electrons. The second kappa shape index (κ2) is 9.44. The quantitative estimate of drug-likeness (QED) is 0.814. The van der Waals surface area contributed by atoms with Crippen LogP contribution in [0.3, 0.4) is 0 Å². The van der Waals surface area contributed by atoms with Gasteiger partial charge in [0, 0.05) is 25.7 Å². The highest BCUT2D eigenvalue weighted by molar-refractivity contribution is 5.85. The van der Waals surface area contributed by atoms with Crippen molar-refractivity contribution >= 4 is 18.3 Å². The van der Waals surface area contributed by atoms with E-state index in [0.29, 0.717) is 25.8 Å². The van der Waals surface area contributed by atoms with Crippen molar-refractivity contribution < 1.29 is 14.3 Å². The van der Waals surface area contributed by atoms with E-state index in [9.17, 15) is 4.79 Å². The number of hydrogen-bond donors (Lipinski definition) is 2. The molecule has 2 N–H and O–H groups in total. The van der Waals surface area contributed by atoms with Crippen molar-refractivity contribution in [1.82, 2.24) is 15.5 Å². The van der Waals surface area contributed by atoms with Crippen molar-refractivity contribution in [3.05, 3.63) is 23.8 Å². The van der Waals surface area contributed by atoms with Gasteiger partial charge in [-0.1, -0.05) is 19.9 Å². The molecule has 7 heteroatoms. The number of nitrogens with zero attached hydrogens (tertiary/aromatic N) is 1. The van der Waals surface area contributed by atoms with Gasteiger partial charge in [0.25, 0.3) is 0 Å². The molecule has 3 rings (SSSR count). The first kappa shape index (κ1) is 20.8. The van der Waals surface area contributed by atoms with E-state index < -0.39 is 0 Å². The Hall–Kier alpha value is -1.50. The molecule has 0 aliphatic carbocycles. The highest BCUT2D eigenvalue weighted by Gasteiger charge is 2.24. The number of carbonyl (C=O) groups is 1. The van der Waals surface area contributed by atoms with E-state index in [-0.39, 0.29) is 30.3 Å². The molecule has 0 spiro atoms. The van der Waals surface area contributed by atoms with Gasteiger partial charge in [-0.05, 0) is 30.5 Å². The molecular formula is C19H30ClN3O3. The average molecular weight is 384 g/mol. The van der Waals surface area contributed by atoms with Crippen LogP contribution in [0.5, 0.6) is 11.5 Å². The van der Waals surface area contributed by atoms with Crippen LogP contribution in [-0.2, 0) is 4.79 Å².